The van der Waals surface area contributed by atoms with Crippen molar-refractivity contribution in [3.63, 3.8) is 0 Å². The lowest BCUT2D eigenvalue weighted by Crippen LogP contribution is -2.40. The molecule has 2 aliphatic rings. The lowest BCUT2D eigenvalue weighted by molar-refractivity contribution is -0.146. The molecule has 3 amide bonds. The molecule has 0 aliphatic carbocycles. The van der Waals surface area contributed by atoms with Gasteiger partial charge in [-0.1, -0.05) is 42.5 Å². The summed E-state index contributed by atoms with van der Waals surface area (Å²) in [5.41, 5.74) is 2.64. The van der Waals surface area contributed by atoms with E-state index in [1.807, 2.05) is 54.6 Å². The first-order valence-corrected chi connectivity index (χ1v) is 9.49. The molecular weight excluding hydrogens is 370 g/mol. The van der Waals surface area contributed by atoms with Gasteiger partial charge in [0.1, 0.15) is 12.3 Å². The summed E-state index contributed by atoms with van der Waals surface area (Å²) in [7, 11) is 1.60. The molecular formula is C22H21N3O4. The van der Waals surface area contributed by atoms with Crippen LogP contribution in [0.3, 0.4) is 0 Å². The van der Waals surface area contributed by atoms with Gasteiger partial charge in [-0.3, -0.25) is 19.3 Å². The molecule has 29 heavy (non-hydrogen) atoms. The normalized spacial score (nSPS) is 18.9. The highest BCUT2D eigenvalue weighted by Crippen LogP contribution is 2.34. The number of benzene rings is 2. The van der Waals surface area contributed by atoms with E-state index in [9.17, 15) is 14.4 Å². The number of nitrogens with zero attached hydrogens (tertiary/aromatic N) is 3. The summed E-state index contributed by atoms with van der Waals surface area (Å²) in [6.07, 6.45) is 0.864. The number of methoxy groups -OCH3 is 1. The minimum atomic E-state index is -0.375. The Kier molecular flexibility index (Phi) is 5.12. The average Bonchev–Trinajstić information content (AvgIpc) is 3.34. The zero-order chi connectivity index (χ0) is 20.4. The summed E-state index contributed by atoms with van der Waals surface area (Å²) in [4.78, 5) is 37.9. The first-order valence-electron chi connectivity index (χ1n) is 9.49. The summed E-state index contributed by atoms with van der Waals surface area (Å²) in [5.74, 6) is -0.269. The number of imide groups is 1. The van der Waals surface area contributed by atoms with Gasteiger partial charge < -0.3 is 4.74 Å². The zero-order valence-corrected chi connectivity index (χ0v) is 16.1. The van der Waals surface area contributed by atoms with E-state index >= 15 is 0 Å². The molecule has 0 radical (unpaired) electrons. The van der Waals surface area contributed by atoms with Crippen molar-refractivity contribution in [1.82, 2.24) is 9.91 Å². The van der Waals surface area contributed by atoms with E-state index in [1.54, 1.807) is 7.11 Å². The van der Waals surface area contributed by atoms with Gasteiger partial charge in [-0.2, -0.15) is 5.10 Å². The van der Waals surface area contributed by atoms with Crippen molar-refractivity contribution in [3.8, 4) is 5.75 Å². The third kappa shape index (κ3) is 3.76. The molecule has 1 fully saturated rings. The number of carbonyl (C=O) groups is 3. The van der Waals surface area contributed by atoms with Crippen LogP contribution in [0.2, 0.25) is 0 Å². The number of likely N-dealkylation sites (tertiary alicyclic amines) is 1. The van der Waals surface area contributed by atoms with Gasteiger partial charge in [-0.05, 0) is 23.3 Å². The second-order valence-electron chi connectivity index (χ2n) is 7.02. The summed E-state index contributed by atoms with van der Waals surface area (Å²) in [6.45, 7) is -0.282. The minimum Gasteiger partial charge on any atom is -0.497 e. The average molecular weight is 391 g/mol. The predicted molar refractivity (Wildman–Crippen MR) is 106 cm³/mol. The fourth-order valence-electron chi connectivity index (χ4n) is 3.64. The molecule has 4 rings (SSSR count). The molecule has 0 aromatic heterocycles. The standard InChI is InChI=1S/C22H21N3O4/c1-29-17-9-7-16(8-10-17)19-13-18(15-5-3-2-4-6-15)23-25(19)22(28)14-24-20(26)11-12-21(24)27/h2-10,19H,11-14H2,1H3/t19-/m0/s1. The van der Waals surface area contributed by atoms with Crippen molar-refractivity contribution in [2.75, 3.05) is 13.7 Å². The Hall–Kier alpha value is -3.48. The van der Waals surface area contributed by atoms with E-state index in [1.165, 1.54) is 5.01 Å². The molecule has 148 valence electrons. The predicted octanol–water partition coefficient (Wildman–Crippen LogP) is 2.52. The van der Waals surface area contributed by atoms with E-state index in [0.717, 1.165) is 27.5 Å². The monoisotopic (exact) mass is 391 g/mol. The zero-order valence-electron chi connectivity index (χ0n) is 16.1. The highest BCUT2D eigenvalue weighted by Gasteiger charge is 2.37. The largest absolute Gasteiger partial charge is 0.497 e. The van der Waals surface area contributed by atoms with E-state index in [4.69, 9.17) is 4.74 Å². The van der Waals surface area contributed by atoms with E-state index in [2.05, 4.69) is 5.10 Å². The van der Waals surface area contributed by atoms with Crippen molar-refractivity contribution >= 4 is 23.4 Å². The van der Waals surface area contributed by atoms with Crippen molar-refractivity contribution in [2.45, 2.75) is 25.3 Å². The smallest absolute Gasteiger partial charge is 0.263 e. The van der Waals surface area contributed by atoms with Crippen LogP contribution in [0.5, 0.6) is 5.75 Å². The summed E-state index contributed by atoms with van der Waals surface area (Å²) < 4.78 is 5.22. The van der Waals surface area contributed by atoms with Gasteiger partial charge in [0.2, 0.25) is 11.8 Å². The van der Waals surface area contributed by atoms with E-state index in [0.29, 0.717) is 6.42 Å². The molecule has 7 heteroatoms. The van der Waals surface area contributed by atoms with Crippen molar-refractivity contribution in [3.05, 3.63) is 65.7 Å². The third-order valence-corrected chi connectivity index (χ3v) is 5.22. The van der Waals surface area contributed by atoms with Crippen molar-refractivity contribution < 1.29 is 19.1 Å². The van der Waals surface area contributed by atoms with Crippen molar-refractivity contribution in [1.29, 1.82) is 0 Å². The quantitative estimate of drug-likeness (QED) is 0.734. The Morgan fingerprint density at radius 3 is 2.31 bits per heavy atom. The molecule has 0 N–H and O–H groups in total. The number of ether oxygens (including phenoxy) is 1. The Balaban J connectivity index is 1.63. The topological polar surface area (TPSA) is 79.3 Å². The highest BCUT2D eigenvalue weighted by molar-refractivity contribution is 6.06. The maximum absolute atomic E-state index is 13.0. The second kappa shape index (κ2) is 7.87. The van der Waals surface area contributed by atoms with Gasteiger partial charge in [0.15, 0.2) is 0 Å². The lowest BCUT2D eigenvalue weighted by atomic mass is 9.98. The first kappa shape index (κ1) is 18.9. The fourth-order valence-corrected chi connectivity index (χ4v) is 3.64. The minimum absolute atomic E-state index is 0.159. The van der Waals surface area contributed by atoms with E-state index < -0.39 is 0 Å². The van der Waals surface area contributed by atoms with Crippen LogP contribution in [0, 0.1) is 0 Å². The second-order valence-corrected chi connectivity index (χ2v) is 7.02. The molecule has 1 saturated heterocycles. The number of amides is 3. The Morgan fingerprint density at radius 1 is 1.03 bits per heavy atom. The van der Waals surface area contributed by atoms with Crippen LogP contribution in [0.4, 0.5) is 0 Å². The highest BCUT2D eigenvalue weighted by atomic mass is 16.5. The molecule has 2 aliphatic heterocycles. The van der Waals surface area contributed by atoms with Crippen LogP contribution in [0.15, 0.2) is 59.7 Å². The molecule has 0 unspecified atom stereocenters. The van der Waals surface area contributed by atoms with Gasteiger partial charge in [-0.25, -0.2) is 5.01 Å². The number of hydrazone groups is 1. The molecule has 0 bridgehead atoms. The van der Waals surface area contributed by atoms with Gasteiger partial charge in [0.05, 0.1) is 18.9 Å². The van der Waals surface area contributed by atoms with Crippen LogP contribution >= 0.6 is 0 Å². The number of carbonyl (C=O) groups excluding carboxylic acids is 3. The maximum atomic E-state index is 13.0. The maximum Gasteiger partial charge on any atom is 0.263 e. The molecule has 0 saturated carbocycles. The van der Waals surface area contributed by atoms with Crippen LogP contribution in [-0.2, 0) is 14.4 Å². The molecule has 1 atom stereocenters. The Bertz CT molecular complexity index is 953. The number of rotatable bonds is 5. The molecule has 0 spiro atoms. The van der Waals surface area contributed by atoms with Gasteiger partial charge >= 0.3 is 0 Å². The SMILES string of the molecule is COc1ccc([C@@H]2CC(c3ccccc3)=NN2C(=O)CN2C(=O)CCC2=O)cc1. The molecule has 2 heterocycles. The molecule has 7 nitrogen and oxygen atoms in total. The van der Waals surface area contributed by atoms with Crippen molar-refractivity contribution in [2.24, 2.45) is 5.10 Å². The Morgan fingerprint density at radius 2 is 1.69 bits per heavy atom. The first-order chi connectivity index (χ1) is 14.1. The molecule has 2 aromatic rings. The van der Waals surface area contributed by atoms with Gasteiger partial charge in [0.25, 0.3) is 5.91 Å². The third-order valence-electron chi connectivity index (χ3n) is 5.22. The van der Waals surface area contributed by atoms with E-state index in [-0.39, 0.29) is 43.1 Å². The van der Waals surface area contributed by atoms with Crippen LogP contribution in [0.1, 0.15) is 36.4 Å². The Labute approximate surface area is 168 Å². The van der Waals surface area contributed by atoms with Crippen LogP contribution in [-0.4, -0.2) is 47.0 Å². The number of hydrogen-bond acceptors (Lipinski definition) is 5. The van der Waals surface area contributed by atoms with Crippen LogP contribution in [0.25, 0.3) is 0 Å². The van der Waals surface area contributed by atoms with Gasteiger partial charge in [0, 0.05) is 19.3 Å². The number of hydrogen-bond donors (Lipinski definition) is 0. The van der Waals surface area contributed by atoms with Crippen LogP contribution < -0.4 is 4.74 Å². The summed E-state index contributed by atoms with van der Waals surface area (Å²) in [6, 6.07) is 16.8. The summed E-state index contributed by atoms with van der Waals surface area (Å²) in [5, 5.41) is 5.98. The lowest BCUT2D eigenvalue weighted by Gasteiger charge is -2.24. The van der Waals surface area contributed by atoms with Gasteiger partial charge in [-0.15, -0.1) is 0 Å². The summed E-state index contributed by atoms with van der Waals surface area (Å²) >= 11 is 0. The molecule has 2 aromatic carbocycles. The fraction of sp³-hybridized carbons (Fsp3) is 0.273.